The lowest BCUT2D eigenvalue weighted by atomic mass is 9.87. The molecule has 1 spiro atoms. The maximum Gasteiger partial charge on any atom is 0.226 e. The van der Waals surface area contributed by atoms with Gasteiger partial charge in [-0.2, -0.15) is 0 Å². The summed E-state index contributed by atoms with van der Waals surface area (Å²) in [6.07, 6.45) is 1.87. The van der Waals surface area contributed by atoms with Crippen molar-refractivity contribution < 1.29 is 9.53 Å². The summed E-state index contributed by atoms with van der Waals surface area (Å²) in [6, 6.07) is 18.5. The Morgan fingerprint density at radius 1 is 1.08 bits per heavy atom. The molecule has 5 rings (SSSR count). The van der Waals surface area contributed by atoms with Gasteiger partial charge in [0, 0.05) is 41.9 Å². The lowest BCUT2D eigenvalue weighted by Crippen LogP contribution is -2.35. The highest BCUT2D eigenvalue weighted by molar-refractivity contribution is 5.85. The van der Waals surface area contributed by atoms with Crippen molar-refractivity contribution >= 4 is 5.91 Å². The van der Waals surface area contributed by atoms with Gasteiger partial charge in [0.05, 0.1) is 6.61 Å². The van der Waals surface area contributed by atoms with Crippen molar-refractivity contribution in [1.82, 2.24) is 4.90 Å². The number of amides is 1. The number of nitrogens with two attached hydrogens (primary N) is 1. The van der Waals surface area contributed by atoms with E-state index >= 15 is 0 Å². The molecule has 0 aromatic heterocycles. The molecule has 4 heteroatoms. The molecule has 2 aromatic carbocycles. The molecule has 4 atom stereocenters. The third-order valence-electron chi connectivity index (χ3n) is 6.51. The van der Waals surface area contributed by atoms with Gasteiger partial charge in [-0.3, -0.25) is 4.79 Å². The van der Waals surface area contributed by atoms with Gasteiger partial charge in [0.15, 0.2) is 0 Å². The van der Waals surface area contributed by atoms with E-state index in [4.69, 9.17) is 10.5 Å². The van der Waals surface area contributed by atoms with Gasteiger partial charge in [0.2, 0.25) is 5.91 Å². The molecule has 1 amide bonds. The van der Waals surface area contributed by atoms with Crippen LogP contribution in [0.5, 0.6) is 5.75 Å². The van der Waals surface area contributed by atoms with E-state index in [0.29, 0.717) is 13.2 Å². The Hall–Kier alpha value is -2.33. The Bertz CT molecular complexity index is 837. The van der Waals surface area contributed by atoms with E-state index in [1.54, 1.807) is 0 Å². The van der Waals surface area contributed by atoms with Crippen LogP contribution in [0.1, 0.15) is 29.9 Å². The third-order valence-corrected chi connectivity index (χ3v) is 6.51. The number of benzene rings is 2. The number of hydrogen-bond donors (Lipinski definition) is 1. The van der Waals surface area contributed by atoms with Crippen LogP contribution < -0.4 is 10.5 Å². The number of fused-ring (bicyclic) bond motifs is 2. The van der Waals surface area contributed by atoms with Crippen molar-refractivity contribution in [1.29, 1.82) is 0 Å². The van der Waals surface area contributed by atoms with Gasteiger partial charge in [-0.1, -0.05) is 48.5 Å². The molecule has 4 nitrogen and oxygen atoms in total. The Labute approximate surface area is 153 Å². The second-order valence-electron chi connectivity index (χ2n) is 7.93. The Kier molecular flexibility index (Phi) is 3.57. The minimum Gasteiger partial charge on any atom is -0.493 e. The zero-order chi connectivity index (χ0) is 17.7. The molecule has 1 saturated heterocycles. The molecule has 2 aliphatic heterocycles. The van der Waals surface area contributed by atoms with Crippen molar-refractivity contribution in [3.8, 4) is 5.75 Å². The fourth-order valence-electron chi connectivity index (χ4n) is 4.97. The van der Waals surface area contributed by atoms with E-state index in [2.05, 4.69) is 18.2 Å². The molecule has 2 N–H and O–H groups in total. The van der Waals surface area contributed by atoms with Crippen molar-refractivity contribution in [2.75, 3.05) is 19.7 Å². The minimum absolute atomic E-state index is 0.0121. The van der Waals surface area contributed by atoms with Gasteiger partial charge in [-0.25, -0.2) is 0 Å². The Balaban J connectivity index is 1.35. The third kappa shape index (κ3) is 2.36. The van der Waals surface area contributed by atoms with E-state index in [1.165, 1.54) is 11.1 Å². The zero-order valence-electron chi connectivity index (χ0n) is 14.8. The van der Waals surface area contributed by atoms with Crippen LogP contribution in [0.4, 0.5) is 0 Å². The van der Waals surface area contributed by atoms with Crippen LogP contribution in [0.15, 0.2) is 54.6 Å². The molecule has 1 saturated carbocycles. The maximum absolute atomic E-state index is 13.2. The number of likely N-dealkylation sites (tertiary alicyclic amines) is 1. The van der Waals surface area contributed by atoms with E-state index in [-0.39, 0.29) is 29.2 Å². The summed E-state index contributed by atoms with van der Waals surface area (Å²) in [5.74, 6) is 1.54. The zero-order valence-corrected chi connectivity index (χ0v) is 14.8. The van der Waals surface area contributed by atoms with Crippen molar-refractivity contribution in [3.05, 3.63) is 65.7 Å². The molecule has 134 valence electrons. The highest BCUT2D eigenvalue weighted by Crippen LogP contribution is 2.61. The highest BCUT2D eigenvalue weighted by atomic mass is 16.5. The average molecular weight is 348 g/mol. The quantitative estimate of drug-likeness (QED) is 0.908. The van der Waals surface area contributed by atoms with Crippen LogP contribution in [-0.4, -0.2) is 36.5 Å². The molecule has 26 heavy (non-hydrogen) atoms. The Morgan fingerprint density at radius 3 is 2.69 bits per heavy atom. The van der Waals surface area contributed by atoms with Crippen molar-refractivity contribution in [2.24, 2.45) is 11.7 Å². The van der Waals surface area contributed by atoms with Crippen molar-refractivity contribution in [3.63, 3.8) is 0 Å². The van der Waals surface area contributed by atoms with Gasteiger partial charge < -0.3 is 15.4 Å². The first-order valence-corrected chi connectivity index (χ1v) is 9.51. The molecule has 1 aliphatic carbocycles. The molecule has 0 bridgehead atoms. The van der Waals surface area contributed by atoms with E-state index in [0.717, 1.165) is 25.1 Å². The van der Waals surface area contributed by atoms with E-state index < -0.39 is 0 Å². The van der Waals surface area contributed by atoms with Gasteiger partial charge in [-0.05, 0) is 24.5 Å². The fourth-order valence-corrected chi connectivity index (χ4v) is 4.97. The summed E-state index contributed by atoms with van der Waals surface area (Å²) in [5, 5.41) is 0. The first kappa shape index (κ1) is 15.9. The predicted octanol–water partition coefficient (Wildman–Crippen LogP) is 2.68. The lowest BCUT2D eigenvalue weighted by Gasteiger charge is -2.27. The summed E-state index contributed by atoms with van der Waals surface area (Å²) in [6.45, 7) is 2.09. The SMILES string of the molecule is N[C@@H]1CN(C(=O)C2CC23CCOc2ccccc23)C[C@H]1c1ccccc1. The summed E-state index contributed by atoms with van der Waals surface area (Å²) in [4.78, 5) is 15.2. The average Bonchev–Trinajstić information content (AvgIpc) is 3.26. The maximum atomic E-state index is 13.2. The van der Waals surface area contributed by atoms with E-state index in [1.807, 2.05) is 41.3 Å². The normalized spacial score (nSPS) is 32.2. The smallest absolute Gasteiger partial charge is 0.226 e. The first-order chi connectivity index (χ1) is 12.7. The van der Waals surface area contributed by atoms with Crippen LogP contribution in [0.25, 0.3) is 0 Å². The second-order valence-corrected chi connectivity index (χ2v) is 7.93. The van der Waals surface area contributed by atoms with Gasteiger partial charge >= 0.3 is 0 Å². The molecule has 2 unspecified atom stereocenters. The molecule has 2 fully saturated rings. The lowest BCUT2D eigenvalue weighted by molar-refractivity contribution is -0.132. The van der Waals surface area contributed by atoms with Gasteiger partial charge in [0.25, 0.3) is 0 Å². The highest BCUT2D eigenvalue weighted by Gasteiger charge is 2.62. The number of carbonyl (C=O) groups excluding carboxylic acids is 1. The molecular formula is C22H24N2O2. The second kappa shape index (κ2) is 5.85. The summed E-state index contributed by atoms with van der Waals surface area (Å²) >= 11 is 0. The van der Waals surface area contributed by atoms with E-state index in [9.17, 15) is 4.79 Å². The number of ether oxygens (including phenoxy) is 1. The number of hydrogen-bond acceptors (Lipinski definition) is 3. The summed E-state index contributed by atoms with van der Waals surface area (Å²) in [5.41, 5.74) is 8.83. The molecule has 2 heterocycles. The number of para-hydroxylation sites is 1. The largest absolute Gasteiger partial charge is 0.493 e. The van der Waals surface area contributed by atoms with Crippen molar-refractivity contribution in [2.45, 2.75) is 30.2 Å². The van der Waals surface area contributed by atoms with Crippen LogP contribution in [0, 0.1) is 5.92 Å². The summed E-state index contributed by atoms with van der Waals surface area (Å²) in [7, 11) is 0. The predicted molar refractivity (Wildman–Crippen MR) is 100 cm³/mol. The van der Waals surface area contributed by atoms with Gasteiger partial charge in [-0.15, -0.1) is 0 Å². The van der Waals surface area contributed by atoms with Crippen LogP contribution in [-0.2, 0) is 10.2 Å². The van der Waals surface area contributed by atoms with Crippen LogP contribution >= 0.6 is 0 Å². The standard InChI is InChI=1S/C22H24N2O2/c23-19-14-24(13-16(19)15-6-2-1-3-7-15)21(25)18-12-22(18)10-11-26-20-9-5-4-8-17(20)22/h1-9,16,18-19H,10-14,23H2/t16-,18?,19+,22?/m0/s1. The summed E-state index contributed by atoms with van der Waals surface area (Å²) < 4.78 is 5.80. The topological polar surface area (TPSA) is 55.6 Å². The minimum atomic E-state index is -0.0130. The monoisotopic (exact) mass is 348 g/mol. The van der Waals surface area contributed by atoms with Crippen LogP contribution in [0.3, 0.4) is 0 Å². The van der Waals surface area contributed by atoms with Gasteiger partial charge in [0.1, 0.15) is 5.75 Å². The number of rotatable bonds is 2. The molecule has 3 aliphatic rings. The Morgan fingerprint density at radius 2 is 1.85 bits per heavy atom. The number of nitrogens with zero attached hydrogens (tertiary/aromatic N) is 1. The number of carbonyl (C=O) groups is 1. The fraction of sp³-hybridized carbons (Fsp3) is 0.409. The van der Waals surface area contributed by atoms with Crippen LogP contribution in [0.2, 0.25) is 0 Å². The first-order valence-electron chi connectivity index (χ1n) is 9.51. The molecule has 0 radical (unpaired) electrons. The molecular weight excluding hydrogens is 324 g/mol. The molecule has 2 aromatic rings.